The average Bonchev–Trinajstić information content (AvgIpc) is 2.51. The molecule has 0 heterocycles. The third kappa shape index (κ3) is 6.11. The van der Waals surface area contributed by atoms with Crippen molar-refractivity contribution in [3.8, 4) is 0 Å². The third-order valence-electron chi connectivity index (χ3n) is 3.39. The van der Waals surface area contributed by atoms with Crippen molar-refractivity contribution in [3.63, 3.8) is 0 Å². The summed E-state index contributed by atoms with van der Waals surface area (Å²) < 4.78 is 33.2. The van der Waals surface area contributed by atoms with E-state index in [1.807, 2.05) is 6.92 Å². The fourth-order valence-electron chi connectivity index (χ4n) is 2.17. The van der Waals surface area contributed by atoms with E-state index in [1.54, 1.807) is 26.0 Å². The molecule has 0 saturated heterocycles. The quantitative estimate of drug-likeness (QED) is 0.434. The number of aliphatic imine (C=N–C) groups is 1. The minimum absolute atomic E-state index is 0.0507. The number of halogens is 2. The third-order valence-corrected chi connectivity index (χ3v) is 3.39. The highest BCUT2D eigenvalue weighted by atomic mass is 19.1. The molecule has 1 rings (SSSR count). The highest BCUT2D eigenvalue weighted by Gasteiger charge is 2.22. The number of hydrogen-bond donors (Lipinski definition) is 2. The Morgan fingerprint density at radius 1 is 1.26 bits per heavy atom. The molecule has 5 nitrogen and oxygen atoms in total. The van der Waals surface area contributed by atoms with Crippen molar-refractivity contribution in [2.45, 2.75) is 13.0 Å². The maximum absolute atomic E-state index is 14.0. The van der Waals surface area contributed by atoms with Gasteiger partial charge in [-0.05, 0) is 33.2 Å². The SMILES string of the molecule is CCOCCNC(=NC)NCC(c1c(F)cccc1F)N(C)C. The second-order valence-corrected chi connectivity index (χ2v) is 5.19. The van der Waals surface area contributed by atoms with Gasteiger partial charge in [0.2, 0.25) is 0 Å². The normalized spacial score (nSPS) is 13.3. The van der Waals surface area contributed by atoms with Crippen molar-refractivity contribution in [2.24, 2.45) is 4.99 Å². The topological polar surface area (TPSA) is 48.9 Å². The molecule has 1 atom stereocenters. The Morgan fingerprint density at radius 3 is 2.43 bits per heavy atom. The minimum atomic E-state index is -0.551. The molecule has 23 heavy (non-hydrogen) atoms. The molecule has 0 saturated carbocycles. The molecule has 0 aliphatic heterocycles. The van der Waals surface area contributed by atoms with Crippen molar-refractivity contribution in [1.82, 2.24) is 15.5 Å². The molecule has 0 aliphatic rings. The van der Waals surface area contributed by atoms with Crippen LogP contribution in [0.5, 0.6) is 0 Å². The standard InChI is InChI=1S/C16H26F2N4O/c1-5-23-10-9-20-16(19-2)21-11-14(22(3)4)15-12(17)7-6-8-13(15)18/h6-8,14H,5,9-11H2,1-4H3,(H2,19,20,21). The molecule has 0 aliphatic carbocycles. The molecular weight excluding hydrogens is 302 g/mol. The number of likely N-dealkylation sites (N-methyl/N-ethyl adjacent to an activating group) is 1. The number of benzene rings is 1. The lowest BCUT2D eigenvalue weighted by Gasteiger charge is -2.26. The zero-order chi connectivity index (χ0) is 17.2. The van der Waals surface area contributed by atoms with Crippen molar-refractivity contribution in [3.05, 3.63) is 35.4 Å². The highest BCUT2D eigenvalue weighted by Crippen LogP contribution is 2.23. The van der Waals surface area contributed by atoms with Crippen LogP contribution in [0.3, 0.4) is 0 Å². The molecule has 0 radical (unpaired) electrons. The summed E-state index contributed by atoms with van der Waals surface area (Å²) in [5.74, 6) is -0.539. The molecule has 1 aromatic carbocycles. The van der Waals surface area contributed by atoms with Gasteiger partial charge in [0.25, 0.3) is 0 Å². The first kappa shape index (κ1) is 19.3. The number of nitrogens with zero attached hydrogens (tertiary/aromatic N) is 2. The summed E-state index contributed by atoms with van der Waals surface area (Å²) in [6, 6.07) is 3.44. The Morgan fingerprint density at radius 2 is 1.91 bits per heavy atom. The van der Waals surface area contributed by atoms with Gasteiger partial charge >= 0.3 is 0 Å². The maximum Gasteiger partial charge on any atom is 0.191 e. The Balaban J connectivity index is 2.70. The molecule has 0 spiro atoms. The van der Waals surface area contributed by atoms with E-state index >= 15 is 0 Å². The van der Waals surface area contributed by atoms with Crippen LogP contribution < -0.4 is 10.6 Å². The lowest BCUT2D eigenvalue weighted by molar-refractivity contribution is 0.152. The number of rotatable bonds is 8. The van der Waals surface area contributed by atoms with Crippen LogP contribution >= 0.6 is 0 Å². The van der Waals surface area contributed by atoms with E-state index in [1.165, 1.54) is 18.2 Å². The van der Waals surface area contributed by atoms with Crippen LogP contribution in [0.15, 0.2) is 23.2 Å². The molecule has 0 aromatic heterocycles. The van der Waals surface area contributed by atoms with E-state index in [-0.39, 0.29) is 5.56 Å². The second kappa shape index (κ2) is 10.1. The first-order valence-corrected chi connectivity index (χ1v) is 7.63. The molecule has 130 valence electrons. The number of hydrogen-bond acceptors (Lipinski definition) is 3. The lowest BCUT2D eigenvalue weighted by atomic mass is 10.0. The Bertz CT molecular complexity index is 489. The fraction of sp³-hybridized carbons (Fsp3) is 0.562. The molecule has 7 heteroatoms. The van der Waals surface area contributed by atoms with Crippen molar-refractivity contribution in [1.29, 1.82) is 0 Å². The Hall–Kier alpha value is -1.73. The lowest BCUT2D eigenvalue weighted by Crippen LogP contribution is -2.43. The smallest absolute Gasteiger partial charge is 0.191 e. The summed E-state index contributed by atoms with van der Waals surface area (Å²) in [6.07, 6.45) is 0. The minimum Gasteiger partial charge on any atom is -0.380 e. The van der Waals surface area contributed by atoms with Gasteiger partial charge in [0.1, 0.15) is 11.6 Å². The number of ether oxygens (including phenoxy) is 1. The van der Waals surface area contributed by atoms with Crippen molar-refractivity contribution >= 4 is 5.96 Å². The van der Waals surface area contributed by atoms with Gasteiger partial charge in [-0.1, -0.05) is 6.07 Å². The van der Waals surface area contributed by atoms with Crippen LogP contribution in [0.25, 0.3) is 0 Å². The molecule has 2 N–H and O–H groups in total. The van der Waals surface area contributed by atoms with Crippen LogP contribution in [0, 0.1) is 11.6 Å². The number of guanidine groups is 1. The van der Waals surface area contributed by atoms with E-state index in [4.69, 9.17) is 4.74 Å². The fourth-order valence-corrected chi connectivity index (χ4v) is 2.17. The molecule has 0 bridgehead atoms. The summed E-state index contributed by atoms with van der Waals surface area (Å²) in [5.41, 5.74) is 0.0507. The van der Waals surface area contributed by atoms with Crippen molar-refractivity contribution < 1.29 is 13.5 Å². The van der Waals surface area contributed by atoms with E-state index in [0.29, 0.717) is 32.3 Å². The van der Waals surface area contributed by atoms with Gasteiger partial charge in [-0.3, -0.25) is 4.99 Å². The van der Waals surface area contributed by atoms with E-state index in [9.17, 15) is 8.78 Å². The first-order valence-electron chi connectivity index (χ1n) is 7.63. The summed E-state index contributed by atoms with van der Waals surface area (Å²) in [6.45, 7) is 4.07. The van der Waals surface area contributed by atoms with E-state index in [0.717, 1.165) is 0 Å². The zero-order valence-electron chi connectivity index (χ0n) is 14.2. The number of nitrogens with one attached hydrogen (secondary N) is 2. The van der Waals surface area contributed by atoms with Gasteiger partial charge in [-0.2, -0.15) is 0 Å². The second-order valence-electron chi connectivity index (χ2n) is 5.19. The van der Waals surface area contributed by atoms with E-state index < -0.39 is 17.7 Å². The molecule has 0 amide bonds. The maximum atomic E-state index is 14.0. The van der Waals surface area contributed by atoms with Crippen LogP contribution in [0.1, 0.15) is 18.5 Å². The van der Waals surface area contributed by atoms with Crippen LogP contribution in [0.4, 0.5) is 8.78 Å². The van der Waals surface area contributed by atoms with E-state index in [2.05, 4.69) is 15.6 Å². The zero-order valence-corrected chi connectivity index (χ0v) is 14.2. The molecule has 0 fully saturated rings. The average molecular weight is 328 g/mol. The Kier molecular flexibility index (Phi) is 8.50. The van der Waals surface area contributed by atoms with Crippen LogP contribution in [-0.4, -0.2) is 58.3 Å². The predicted octanol–water partition coefficient (Wildman–Crippen LogP) is 1.77. The van der Waals surface area contributed by atoms with Gasteiger partial charge < -0.3 is 20.3 Å². The van der Waals surface area contributed by atoms with Crippen LogP contribution in [-0.2, 0) is 4.74 Å². The highest BCUT2D eigenvalue weighted by molar-refractivity contribution is 5.79. The summed E-state index contributed by atoms with van der Waals surface area (Å²) in [5, 5.41) is 6.18. The van der Waals surface area contributed by atoms with Crippen molar-refractivity contribution in [2.75, 3.05) is 47.4 Å². The predicted molar refractivity (Wildman–Crippen MR) is 88.6 cm³/mol. The van der Waals surface area contributed by atoms with Crippen LogP contribution in [0.2, 0.25) is 0 Å². The molecule has 1 unspecified atom stereocenters. The van der Waals surface area contributed by atoms with Gasteiger partial charge in [-0.25, -0.2) is 8.78 Å². The summed E-state index contributed by atoms with van der Waals surface area (Å²) >= 11 is 0. The summed E-state index contributed by atoms with van der Waals surface area (Å²) in [7, 11) is 5.21. The molecular formula is C16H26F2N4O. The van der Waals surface area contributed by atoms with Gasteiger partial charge in [-0.15, -0.1) is 0 Å². The van der Waals surface area contributed by atoms with Gasteiger partial charge in [0.05, 0.1) is 12.6 Å². The first-order chi connectivity index (χ1) is 11.0. The summed E-state index contributed by atoms with van der Waals surface area (Å²) in [4.78, 5) is 5.85. The monoisotopic (exact) mass is 328 g/mol. The largest absolute Gasteiger partial charge is 0.380 e. The molecule has 1 aromatic rings. The van der Waals surface area contributed by atoms with Gasteiger partial charge in [0.15, 0.2) is 5.96 Å². The Labute approximate surface area is 136 Å². The van der Waals surface area contributed by atoms with Gasteiger partial charge in [0, 0.05) is 32.3 Å².